The van der Waals surface area contributed by atoms with Crippen LogP contribution in [-0.4, -0.2) is 46.5 Å². The average molecular weight is 519 g/mol. The van der Waals surface area contributed by atoms with Crippen molar-refractivity contribution in [3.63, 3.8) is 0 Å². The summed E-state index contributed by atoms with van der Waals surface area (Å²) in [5.41, 5.74) is 1.47. The van der Waals surface area contributed by atoms with Crippen LogP contribution in [0.15, 0.2) is 51.5 Å². The first-order valence-electron chi connectivity index (χ1n) is 10.0. The first kappa shape index (κ1) is 23.9. The summed E-state index contributed by atoms with van der Waals surface area (Å²) in [5.74, 6) is 0.737. The number of benzene rings is 1. The minimum absolute atomic E-state index is 0.0280. The molecule has 0 aliphatic rings. The van der Waals surface area contributed by atoms with Gasteiger partial charge in [0, 0.05) is 16.0 Å². The lowest BCUT2D eigenvalue weighted by Crippen LogP contribution is -2.16. The topological polar surface area (TPSA) is 119 Å². The largest absolute Gasteiger partial charge is 0.496 e. The Kier molecular flexibility index (Phi) is 7.56. The second-order valence-electron chi connectivity index (χ2n) is 6.70. The van der Waals surface area contributed by atoms with Crippen LogP contribution < -0.4 is 10.1 Å². The SMILES string of the molecule is CCOC(=O)c1c(-c2ccco2)csc1NC(=O)CSc1n[nH]c(-c2cc(Cl)ccc2OC)n1. The standard InChI is InChI=1S/C22H19ClN4O5S2/c1-3-31-21(29)18-14(16-5-4-8-32-16)10-33-20(18)24-17(28)11-34-22-25-19(26-27-22)13-9-12(23)6-7-15(13)30-2/h4-10H,3,11H2,1-2H3,(H,24,28)(H,25,26,27). The Morgan fingerprint density at radius 1 is 1.29 bits per heavy atom. The van der Waals surface area contributed by atoms with Gasteiger partial charge in [-0.15, -0.1) is 16.4 Å². The molecular formula is C22H19ClN4O5S2. The number of ether oxygens (including phenoxy) is 2. The number of halogens is 1. The highest BCUT2D eigenvalue weighted by Crippen LogP contribution is 2.37. The number of nitrogens with one attached hydrogen (secondary N) is 2. The molecule has 0 saturated heterocycles. The number of aromatic nitrogens is 3. The zero-order valence-electron chi connectivity index (χ0n) is 18.1. The van der Waals surface area contributed by atoms with Crippen molar-refractivity contribution in [3.8, 4) is 28.5 Å². The van der Waals surface area contributed by atoms with Crippen molar-refractivity contribution in [3.05, 3.63) is 52.6 Å². The number of thiophene rings is 1. The smallest absolute Gasteiger partial charge is 0.341 e. The molecule has 1 amide bonds. The van der Waals surface area contributed by atoms with Crippen molar-refractivity contribution in [1.82, 2.24) is 15.2 Å². The van der Waals surface area contributed by atoms with Crippen LogP contribution in [0.4, 0.5) is 5.00 Å². The van der Waals surface area contributed by atoms with Gasteiger partial charge in [0.15, 0.2) is 5.82 Å². The van der Waals surface area contributed by atoms with Crippen molar-refractivity contribution in [2.24, 2.45) is 0 Å². The lowest BCUT2D eigenvalue weighted by Gasteiger charge is -2.07. The number of H-pyrrole nitrogens is 1. The molecule has 0 radical (unpaired) electrons. The van der Waals surface area contributed by atoms with Crippen LogP contribution in [0.2, 0.25) is 5.02 Å². The number of esters is 1. The number of amides is 1. The van der Waals surface area contributed by atoms with E-state index in [2.05, 4.69) is 20.5 Å². The van der Waals surface area contributed by atoms with Crippen molar-refractivity contribution in [2.45, 2.75) is 12.1 Å². The van der Waals surface area contributed by atoms with Gasteiger partial charge >= 0.3 is 5.97 Å². The van der Waals surface area contributed by atoms with Crippen molar-refractivity contribution < 1.29 is 23.5 Å². The summed E-state index contributed by atoms with van der Waals surface area (Å²) in [4.78, 5) is 29.6. The van der Waals surface area contributed by atoms with Crippen molar-refractivity contribution in [2.75, 3.05) is 24.8 Å². The molecule has 0 fully saturated rings. The van der Waals surface area contributed by atoms with Crippen LogP contribution in [0.5, 0.6) is 5.75 Å². The molecule has 4 aromatic rings. The number of furan rings is 1. The summed E-state index contributed by atoms with van der Waals surface area (Å²) in [6.45, 7) is 1.93. The third-order valence-electron chi connectivity index (χ3n) is 4.52. The predicted octanol–water partition coefficient (Wildman–Crippen LogP) is 5.36. The Labute approximate surface area is 207 Å². The molecular weight excluding hydrogens is 500 g/mol. The Hall–Kier alpha value is -3.28. The van der Waals surface area contributed by atoms with Crippen molar-refractivity contribution in [1.29, 1.82) is 0 Å². The first-order valence-corrected chi connectivity index (χ1v) is 12.3. The van der Waals surface area contributed by atoms with E-state index >= 15 is 0 Å². The minimum atomic E-state index is -0.535. The Balaban J connectivity index is 1.45. The molecule has 9 nitrogen and oxygen atoms in total. The summed E-state index contributed by atoms with van der Waals surface area (Å²) in [7, 11) is 1.55. The second kappa shape index (κ2) is 10.8. The van der Waals surface area contributed by atoms with E-state index in [0.29, 0.717) is 43.6 Å². The number of methoxy groups -OCH3 is 1. The van der Waals surface area contributed by atoms with Gasteiger partial charge in [0.1, 0.15) is 22.1 Å². The molecule has 0 spiro atoms. The zero-order valence-corrected chi connectivity index (χ0v) is 20.5. The molecule has 0 bridgehead atoms. The van der Waals surface area contributed by atoms with Crippen LogP contribution >= 0.6 is 34.7 Å². The molecule has 0 saturated carbocycles. The molecule has 0 aliphatic heterocycles. The number of hydrogen-bond donors (Lipinski definition) is 2. The van der Waals surface area contributed by atoms with E-state index in [9.17, 15) is 9.59 Å². The maximum absolute atomic E-state index is 12.6. The van der Waals surface area contributed by atoms with E-state index in [4.69, 9.17) is 25.5 Å². The van der Waals surface area contributed by atoms with Gasteiger partial charge < -0.3 is 19.2 Å². The Morgan fingerprint density at radius 3 is 2.88 bits per heavy atom. The van der Waals surface area contributed by atoms with Crippen LogP contribution in [0, 0.1) is 0 Å². The molecule has 0 atom stereocenters. The third-order valence-corrected chi connectivity index (χ3v) is 6.50. The van der Waals surface area contributed by atoms with E-state index < -0.39 is 5.97 Å². The number of carbonyl (C=O) groups is 2. The lowest BCUT2D eigenvalue weighted by atomic mass is 10.1. The third kappa shape index (κ3) is 5.27. The minimum Gasteiger partial charge on any atom is -0.496 e. The fourth-order valence-corrected chi connectivity index (χ4v) is 4.78. The van der Waals surface area contributed by atoms with E-state index in [1.807, 2.05) is 0 Å². The van der Waals surface area contributed by atoms with Gasteiger partial charge in [-0.3, -0.25) is 9.89 Å². The Bertz CT molecular complexity index is 1300. The summed E-state index contributed by atoms with van der Waals surface area (Å²) in [5, 5.41) is 12.8. The molecule has 2 N–H and O–H groups in total. The fourth-order valence-electron chi connectivity index (χ4n) is 3.06. The van der Waals surface area contributed by atoms with Crippen LogP contribution in [-0.2, 0) is 9.53 Å². The highest BCUT2D eigenvalue weighted by Gasteiger charge is 2.24. The molecule has 0 unspecified atom stereocenters. The van der Waals surface area contributed by atoms with Gasteiger partial charge in [0.25, 0.3) is 0 Å². The van der Waals surface area contributed by atoms with Crippen molar-refractivity contribution >= 4 is 51.6 Å². The molecule has 176 valence electrons. The highest BCUT2D eigenvalue weighted by atomic mass is 35.5. The number of thioether (sulfide) groups is 1. The average Bonchev–Trinajstić information content (AvgIpc) is 3.58. The summed E-state index contributed by atoms with van der Waals surface area (Å²) in [6, 6.07) is 8.63. The first-order chi connectivity index (χ1) is 16.5. The van der Waals surface area contributed by atoms with Crippen LogP contribution in [0.3, 0.4) is 0 Å². The number of aromatic amines is 1. The van der Waals surface area contributed by atoms with Gasteiger partial charge in [0.2, 0.25) is 11.1 Å². The molecule has 12 heteroatoms. The predicted molar refractivity (Wildman–Crippen MR) is 131 cm³/mol. The van der Waals surface area contributed by atoms with E-state index in [1.54, 1.807) is 49.7 Å². The maximum atomic E-state index is 12.6. The summed E-state index contributed by atoms with van der Waals surface area (Å²) < 4.78 is 15.9. The van der Waals surface area contributed by atoms with Gasteiger partial charge in [-0.1, -0.05) is 23.4 Å². The number of anilines is 1. The second-order valence-corrected chi connectivity index (χ2v) is 8.96. The monoisotopic (exact) mass is 518 g/mol. The number of nitrogens with zero attached hydrogens (tertiary/aromatic N) is 2. The Morgan fingerprint density at radius 2 is 2.15 bits per heavy atom. The van der Waals surface area contributed by atoms with Crippen LogP contribution in [0.1, 0.15) is 17.3 Å². The van der Waals surface area contributed by atoms with E-state index in [-0.39, 0.29) is 23.8 Å². The molecule has 3 aromatic heterocycles. The zero-order chi connectivity index (χ0) is 24.1. The molecule has 34 heavy (non-hydrogen) atoms. The van der Waals surface area contributed by atoms with E-state index in [0.717, 1.165) is 11.8 Å². The summed E-state index contributed by atoms with van der Waals surface area (Å²) in [6.07, 6.45) is 1.51. The van der Waals surface area contributed by atoms with Gasteiger partial charge in [-0.25, -0.2) is 9.78 Å². The molecule has 3 heterocycles. The number of rotatable bonds is 9. The number of hydrogen-bond acceptors (Lipinski definition) is 9. The maximum Gasteiger partial charge on any atom is 0.341 e. The highest BCUT2D eigenvalue weighted by molar-refractivity contribution is 7.99. The molecule has 1 aromatic carbocycles. The quantitative estimate of drug-likeness (QED) is 0.224. The summed E-state index contributed by atoms with van der Waals surface area (Å²) >= 11 is 8.45. The van der Waals surface area contributed by atoms with Gasteiger partial charge in [-0.2, -0.15) is 0 Å². The molecule has 4 rings (SSSR count). The normalized spacial score (nSPS) is 10.8. The van der Waals surface area contributed by atoms with Gasteiger partial charge in [-0.05, 0) is 37.3 Å². The number of carbonyl (C=O) groups excluding carboxylic acids is 2. The lowest BCUT2D eigenvalue weighted by molar-refractivity contribution is -0.113. The molecule has 0 aliphatic carbocycles. The fraction of sp³-hybridized carbons (Fsp3) is 0.182. The van der Waals surface area contributed by atoms with Crippen LogP contribution in [0.25, 0.3) is 22.7 Å². The van der Waals surface area contributed by atoms with Gasteiger partial charge in [0.05, 0.1) is 31.3 Å². The van der Waals surface area contributed by atoms with E-state index in [1.165, 1.54) is 17.6 Å².